The van der Waals surface area contributed by atoms with Gasteiger partial charge in [0.1, 0.15) is 18.0 Å². The van der Waals surface area contributed by atoms with E-state index in [-0.39, 0.29) is 49.1 Å². The Morgan fingerprint density at radius 3 is 2.17 bits per heavy atom. The first-order chi connectivity index (χ1) is 27.8. The fourth-order valence-corrected chi connectivity index (χ4v) is 11.3. The zero-order valence-corrected chi connectivity index (χ0v) is 39.4. The predicted molar refractivity (Wildman–Crippen MR) is 246 cm³/mol. The van der Waals surface area contributed by atoms with Crippen molar-refractivity contribution in [2.45, 2.75) is 112 Å². The molecule has 0 saturated carbocycles. The van der Waals surface area contributed by atoms with E-state index < -0.39 is 21.5 Å². The quantitative estimate of drug-likeness (QED) is 0.0420. The molecule has 3 aromatic carbocycles. The molecular formula is C46H56Cl4N3O5S+. The van der Waals surface area contributed by atoms with Crippen LogP contribution in [0.25, 0.3) is 16.7 Å². The molecule has 0 unspecified atom stereocenters. The molecule has 0 amide bonds. The molecule has 13 heteroatoms. The fourth-order valence-electron chi connectivity index (χ4n) is 9.06. The topological polar surface area (TPSA) is 88.0 Å². The lowest BCUT2D eigenvalue weighted by atomic mass is 9.83. The molecule has 0 aromatic heterocycles. The minimum absolute atomic E-state index is 0.0172. The number of sulfonamides is 1. The number of esters is 1. The van der Waals surface area contributed by atoms with E-state index in [1.165, 1.54) is 6.42 Å². The Kier molecular flexibility index (Phi) is 13.7. The van der Waals surface area contributed by atoms with Crippen LogP contribution in [-0.2, 0) is 14.8 Å². The number of fused-ring (bicyclic) bond motifs is 4. The molecule has 0 atom stereocenters. The number of anilines is 1. The molecule has 0 radical (unpaired) electrons. The van der Waals surface area contributed by atoms with Crippen molar-refractivity contribution in [3.63, 3.8) is 0 Å². The molecule has 318 valence electrons. The Labute approximate surface area is 369 Å². The number of ether oxygens (including phenoxy) is 2. The van der Waals surface area contributed by atoms with Crippen LogP contribution in [-0.4, -0.2) is 57.5 Å². The first-order valence-electron chi connectivity index (χ1n) is 20.7. The maximum absolute atomic E-state index is 14.0. The molecule has 0 spiro atoms. The zero-order valence-electron chi connectivity index (χ0n) is 35.6. The highest BCUT2D eigenvalue weighted by molar-refractivity contribution is 7.89. The highest BCUT2D eigenvalue weighted by Gasteiger charge is 2.39. The number of likely N-dealkylation sites (N-methyl/N-ethyl adjacent to an activating group) is 2. The normalized spacial score (nSPS) is 16.4. The summed E-state index contributed by atoms with van der Waals surface area (Å²) in [6, 6.07) is 8.01. The molecule has 0 fully saturated rings. The molecule has 0 aliphatic carbocycles. The number of carbonyl (C=O) groups is 1. The highest BCUT2D eigenvalue weighted by Crippen LogP contribution is 2.50. The smallest absolute Gasteiger partial charge is 0.340 e. The maximum atomic E-state index is 14.0. The number of unbranched alkanes of at least 4 members (excludes halogenated alkanes) is 5. The van der Waals surface area contributed by atoms with Crippen molar-refractivity contribution < 1.29 is 22.7 Å². The van der Waals surface area contributed by atoms with Crippen LogP contribution in [0.3, 0.4) is 0 Å². The van der Waals surface area contributed by atoms with Crippen LogP contribution < -0.4 is 29.5 Å². The van der Waals surface area contributed by atoms with Crippen molar-refractivity contribution in [3.8, 4) is 11.5 Å². The van der Waals surface area contributed by atoms with Crippen molar-refractivity contribution in [2.75, 3.05) is 36.9 Å². The van der Waals surface area contributed by atoms with E-state index in [2.05, 4.69) is 81.7 Å². The van der Waals surface area contributed by atoms with E-state index in [0.29, 0.717) is 52.1 Å². The van der Waals surface area contributed by atoms with Crippen molar-refractivity contribution >= 4 is 84.8 Å². The van der Waals surface area contributed by atoms with Gasteiger partial charge >= 0.3 is 5.97 Å². The van der Waals surface area contributed by atoms with Gasteiger partial charge in [0.05, 0.1) is 55.2 Å². The number of benzene rings is 3. The summed E-state index contributed by atoms with van der Waals surface area (Å²) < 4.78 is 45.2. The Morgan fingerprint density at radius 1 is 0.831 bits per heavy atom. The van der Waals surface area contributed by atoms with E-state index in [1.807, 2.05) is 24.3 Å². The molecule has 8 nitrogen and oxygen atoms in total. The van der Waals surface area contributed by atoms with Crippen LogP contribution in [0.4, 0.5) is 5.69 Å². The molecule has 6 rings (SSSR count). The lowest BCUT2D eigenvalue weighted by Crippen LogP contribution is -2.50. The summed E-state index contributed by atoms with van der Waals surface area (Å²) in [4.78, 5) is 16.3. The largest absolute Gasteiger partial charge is 0.462 e. The van der Waals surface area contributed by atoms with Crippen LogP contribution in [0.15, 0.2) is 36.4 Å². The highest BCUT2D eigenvalue weighted by atomic mass is 35.5. The molecule has 3 aliphatic rings. The van der Waals surface area contributed by atoms with Gasteiger partial charge in [-0.15, -0.1) is 0 Å². The van der Waals surface area contributed by atoms with E-state index in [0.717, 1.165) is 60.8 Å². The summed E-state index contributed by atoms with van der Waals surface area (Å²) in [7, 11) is -3.73. The Balaban J connectivity index is 1.67. The van der Waals surface area contributed by atoms with Crippen molar-refractivity contribution in [1.82, 2.24) is 9.30 Å². The average Bonchev–Trinajstić information content (AvgIpc) is 3.15. The first kappa shape index (κ1) is 45.5. The number of nitrogens with one attached hydrogen (secondary N) is 1. The third kappa shape index (κ3) is 8.72. The molecule has 59 heavy (non-hydrogen) atoms. The Hall–Kier alpha value is -3.05. The van der Waals surface area contributed by atoms with Gasteiger partial charge in [-0.2, -0.15) is 0 Å². The van der Waals surface area contributed by atoms with Gasteiger partial charge in [0, 0.05) is 66.2 Å². The van der Waals surface area contributed by atoms with Gasteiger partial charge in [-0.05, 0) is 77.3 Å². The number of rotatable bonds is 15. The number of hydrogen-bond acceptors (Lipinski definition) is 6. The third-order valence-corrected chi connectivity index (χ3v) is 14.8. The SMILES string of the molecule is CCCCCCCCNS(=O)(=O)CC1=CC(C)(C)[N+](CC)=c2cc3c(cc21)=C(c1c(Cl)c(Cl)c(Cl)c(Cl)c1C(=O)OCC)c1cc2c(cc1O3)N(CC)C(C)(C)C=C2C. The molecule has 0 bridgehead atoms. The first-order valence-corrected chi connectivity index (χ1v) is 23.9. The molecular weight excluding hydrogens is 848 g/mol. The maximum Gasteiger partial charge on any atom is 0.340 e. The van der Waals surface area contributed by atoms with Crippen LogP contribution >= 0.6 is 46.4 Å². The summed E-state index contributed by atoms with van der Waals surface area (Å²) in [5, 5.41) is 1.23. The van der Waals surface area contributed by atoms with Crippen LogP contribution in [0, 0.1) is 0 Å². The number of nitrogens with zero attached hydrogens (tertiary/aromatic N) is 2. The van der Waals surface area contributed by atoms with E-state index in [9.17, 15) is 13.2 Å². The van der Waals surface area contributed by atoms with Crippen molar-refractivity contribution in [1.29, 1.82) is 0 Å². The summed E-state index contributed by atoms with van der Waals surface area (Å²) in [6.07, 6.45) is 10.6. The second-order valence-corrected chi connectivity index (χ2v) is 20.0. The fraction of sp³-hybridized carbons (Fsp3) is 0.478. The van der Waals surface area contributed by atoms with Crippen LogP contribution in [0.5, 0.6) is 11.5 Å². The van der Waals surface area contributed by atoms with Gasteiger partial charge in [-0.25, -0.2) is 22.5 Å². The van der Waals surface area contributed by atoms with Gasteiger partial charge < -0.3 is 14.4 Å². The second kappa shape index (κ2) is 17.7. The van der Waals surface area contributed by atoms with Gasteiger partial charge in [-0.3, -0.25) is 0 Å². The number of allylic oxidation sites excluding steroid dienone is 1. The molecule has 0 saturated heterocycles. The zero-order chi connectivity index (χ0) is 43.2. The minimum atomic E-state index is -3.73. The Morgan fingerprint density at radius 2 is 1.51 bits per heavy atom. The lowest BCUT2D eigenvalue weighted by molar-refractivity contribution is 0.0526. The van der Waals surface area contributed by atoms with Crippen molar-refractivity contribution in [2.24, 2.45) is 0 Å². The van der Waals surface area contributed by atoms with Gasteiger partial charge in [0.2, 0.25) is 15.4 Å². The monoisotopic (exact) mass is 902 g/mol. The average molecular weight is 905 g/mol. The van der Waals surface area contributed by atoms with E-state index >= 15 is 0 Å². The third-order valence-electron chi connectivity index (χ3n) is 11.6. The predicted octanol–water partition coefficient (Wildman–Crippen LogP) is 10.8. The number of halogens is 4. The Bertz CT molecular complexity index is 2510. The standard InChI is InChI=1S/C46H56Cl4N3O5S/c1-10-14-15-16-17-18-19-51-59(55,56)26-28-25-46(8,9)53(12-3)34-23-36-32(21-30(28)34)37(38-39(44(54)57-13-4)41(48)43(50)42(49)40(38)47)31-20-29-27(5)24-45(6,7)52(11-2)33(29)22-35(31)58-36/h20-25,51H,10-19,26H2,1-9H3/q+1. The van der Waals surface area contributed by atoms with E-state index in [1.54, 1.807) is 6.92 Å². The van der Waals surface area contributed by atoms with Crippen LogP contribution in [0.2, 0.25) is 20.1 Å². The summed E-state index contributed by atoms with van der Waals surface area (Å²) >= 11 is 27.6. The molecule has 3 heterocycles. The number of hydrogen-bond donors (Lipinski definition) is 1. The summed E-state index contributed by atoms with van der Waals surface area (Å²) in [5.74, 6) is 0.0847. The van der Waals surface area contributed by atoms with Crippen LogP contribution in [0.1, 0.15) is 133 Å². The van der Waals surface area contributed by atoms with Gasteiger partial charge in [0.25, 0.3) is 0 Å². The number of carbonyl (C=O) groups excluding carboxylic acids is 1. The summed E-state index contributed by atoms with van der Waals surface area (Å²) in [6.45, 7) is 20.5. The minimum Gasteiger partial charge on any atom is -0.462 e. The summed E-state index contributed by atoms with van der Waals surface area (Å²) in [5.41, 5.74) is 4.98. The molecule has 3 aromatic rings. The lowest BCUT2D eigenvalue weighted by Gasteiger charge is -2.43. The van der Waals surface area contributed by atoms with Crippen molar-refractivity contribution in [3.05, 3.63) is 94.9 Å². The molecule has 3 aliphatic heterocycles. The second-order valence-electron chi connectivity index (χ2n) is 16.6. The molecule has 1 N–H and O–H groups in total. The van der Waals surface area contributed by atoms with E-state index in [4.69, 9.17) is 55.9 Å². The van der Waals surface area contributed by atoms with Gasteiger partial charge in [0.15, 0.2) is 5.54 Å². The van der Waals surface area contributed by atoms with Gasteiger partial charge in [-0.1, -0.05) is 91.5 Å².